The number of carbonyl (C=O) groups is 1. The van der Waals surface area contributed by atoms with E-state index in [0.29, 0.717) is 11.7 Å². The van der Waals surface area contributed by atoms with Gasteiger partial charge in [0, 0.05) is 5.92 Å². The highest BCUT2D eigenvalue weighted by Crippen LogP contribution is 2.61. The van der Waals surface area contributed by atoms with Gasteiger partial charge in [-0.25, -0.2) is 0 Å². The SMILES string of the molecule is CC(=O)[C@@H]1[C@H]2C[C@H]3C[C@@H](C2)[C@H]1C3. The van der Waals surface area contributed by atoms with Crippen LogP contribution in [0.1, 0.15) is 32.6 Å². The Kier molecular flexibility index (Phi) is 1.26. The van der Waals surface area contributed by atoms with Gasteiger partial charge >= 0.3 is 0 Å². The van der Waals surface area contributed by atoms with Gasteiger partial charge in [-0.2, -0.15) is 0 Å². The lowest BCUT2D eigenvalue weighted by Crippen LogP contribution is -2.28. The fourth-order valence-electron chi connectivity index (χ4n) is 4.37. The number of ketones is 1. The Bertz CT molecular complexity index is 229. The van der Waals surface area contributed by atoms with E-state index in [1.165, 1.54) is 25.7 Å². The zero-order chi connectivity index (χ0) is 8.29. The van der Waals surface area contributed by atoms with Crippen LogP contribution in [0.3, 0.4) is 0 Å². The normalized spacial score (nSPS) is 54.9. The van der Waals surface area contributed by atoms with E-state index in [1.807, 2.05) is 0 Å². The van der Waals surface area contributed by atoms with Gasteiger partial charge < -0.3 is 0 Å². The van der Waals surface area contributed by atoms with Gasteiger partial charge in [0.25, 0.3) is 0 Å². The molecule has 5 atom stereocenters. The molecule has 12 heavy (non-hydrogen) atoms. The van der Waals surface area contributed by atoms with Gasteiger partial charge in [-0.3, -0.25) is 4.79 Å². The van der Waals surface area contributed by atoms with Crippen LogP contribution in [-0.2, 0) is 4.79 Å². The number of hydrogen-bond donors (Lipinski definition) is 0. The molecular formula is C11H16O. The van der Waals surface area contributed by atoms with Crippen molar-refractivity contribution in [2.24, 2.45) is 29.6 Å². The van der Waals surface area contributed by atoms with Crippen molar-refractivity contribution in [2.75, 3.05) is 0 Å². The molecule has 1 nitrogen and oxygen atoms in total. The first kappa shape index (κ1) is 7.11. The molecule has 0 aromatic heterocycles. The van der Waals surface area contributed by atoms with Gasteiger partial charge in [0.2, 0.25) is 0 Å². The van der Waals surface area contributed by atoms with Crippen LogP contribution in [0.2, 0.25) is 0 Å². The van der Waals surface area contributed by atoms with E-state index in [4.69, 9.17) is 0 Å². The maximum atomic E-state index is 11.4. The van der Waals surface area contributed by atoms with Gasteiger partial charge in [0.1, 0.15) is 5.78 Å². The summed E-state index contributed by atoms with van der Waals surface area (Å²) in [6, 6.07) is 0. The van der Waals surface area contributed by atoms with Crippen LogP contribution in [0.15, 0.2) is 0 Å². The third kappa shape index (κ3) is 0.725. The fourth-order valence-corrected chi connectivity index (χ4v) is 4.37. The minimum absolute atomic E-state index is 0.479. The first-order chi connectivity index (χ1) is 5.75. The highest BCUT2D eigenvalue weighted by atomic mass is 16.1. The lowest BCUT2D eigenvalue weighted by atomic mass is 9.74. The van der Waals surface area contributed by atoms with E-state index < -0.39 is 0 Å². The van der Waals surface area contributed by atoms with Crippen LogP contribution < -0.4 is 0 Å². The zero-order valence-corrected chi connectivity index (χ0v) is 7.62. The maximum Gasteiger partial charge on any atom is 0.133 e. The molecule has 4 fully saturated rings. The molecule has 4 saturated carbocycles. The van der Waals surface area contributed by atoms with E-state index in [1.54, 1.807) is 6.92 Å². The molecule has 4 aliphatic carbocycles. The zero-order valence-electron chi connectivity index (χ0n) is 7.62. The second-order valence-corrected chi connectivity index (χ2v) is 5.13. The van der Waals surface area contributed by atoms with Gasteiger partial charge in [0.05, 0.1) is 0 Å². The van der Waals surface area contributed by atoms with E-state index in [9.17, 15) is 4.79 Å². The van der Waals surface area contributed by atoms with Crippen molar-refractivity contribution in [3.05, 3.63) is 0 Å². The second-order valence-electron chi connectivity index (χ2n) is 5.13. The van der Waals surface area contributed by atoms with Crippen LogP contribution in [0.5, 0.6) is 0 Å². The number of Topliss-reactive ketones (excluding diaryl/α,β-unsaturated/α-hetero) is 1. The quantitative estimate of drug-likeness (QED) is 0.581. The highest BCUT2D eigenvalue weighted by Gasteiger charge is 2.54. The molecule has 0 saturated heterocycles. The van der Waals surface area contributed by atoms with Crippen molar-refractivity contribution >= 4 is 5.78 Å². The third-order valence-electron chi connectivity index (χ3n) is 4.53. The van der Waals surface area contributed by atoms with Gasteiger partial charge in [-0.05, 0) is 56.3 Å². The molecule has 4 aliphatic rings. The summed E-state index contributed by atoms with van der Waals surface area (Å²) in [6.45, 7) is 1.80. The molecule has 0 spiro atoms. The van der Waals surface area contributed by atoms with E-state index in [-0.39, 0.29) is 0 Å². The second kappa shape index (κ2) is 2.12. The summed E-state index contributed by atoms with van der Waals surface area (Å²) >= 11 is 0. The van der Waals surface area contributed by atoms with Gasteiger partial charge in [-0.1, -0.05) is 0 Å². The Hall–Kier alpha value is -0.330. The molecule has 0 aromatic rings. The smallest absolute Gasteiger partial charge is 0.133 e. The molecular weight excluding hydrogens is 148 g/mol. The van der Waals surface area contributed by atoms with Crippen molar-refractivity contribution in [3.8, 4) is 0 Å². The average Bonchev–Trinajstić information content (AvgIpc) is 2.38. The van der Waals surface area contributed by atoms with Gasteiger partial charge in [0.15, 0.2) is 0 Å². The molecule has 66 valence electrons. The Morgan fingerprint density at radius 2 is 1.83 bits per heavy atom. The Balaban J connectivity index is 1.94. The van der Waals surface area contributed by atoms with Crippen molar-refractivity contribution in [1.29, 1.82) is 0 Å². The lowest BCUT2D eigenvalue weighted by Gasteiger charge is -2.30. The molecule has 1 heteroatoms. The fraction of sp³-hybridized carbons (Fsp3) is 0.909. The molecule has 0 amide bonds. The van der Waals surface area contributed by atoms with E-state index in [2.05, 4.69) is 0 Å². The third-order valence-corrected chi connectivity index (χ3v) is 4.53. The maximum absolute atomic E-state index is 11.4. The Morgan fingerprint density at radius 1 is 1.08 bits per heavy atom. The van der Waals surface area contributed by atoms with E-state index in [0.717, 1.165) is 23.7 Å². The molecule has 0 aromatic carbocycles. The standard InChI is InChI=1S/C11H16O/c1-6(12)11-9-3-7-2-8(5-9)10(11)4-7/h7-11H,2-5H2,1H3/t7-,8+,9+,10-,11-/m1/s1. The first-order valence-electron chi connectivity index (χ1n) is 5.26. The summed E-state index contributed by atoms with van der Waals surface area (Å²) in [7, 11) is 0. The highest BCUT2D eigenvalue weighted by molar-refractivity contribution is 5.79. The molecule has 0 aliphatic heterocycles. The predicted molar refractivity (Wildman–Crippen MR) is 46.6 cm³/mol. The minimum atomic E-state index is 0.479. The van der Waals surface area contributed by atoms with Crippen molar-refractivity contribution in [3.63, 3.8) is 0 Å². The monoisotopic (exact) mass is 164 g/mol. The number of carbonyl (C=O) groups excluding carboxylic acids is 1. The molecule has 0 unspecified atom stereocenters. The lowest BCUT2D eigenvalue weighted by molar-refractivity contribution is -0.124. The van der Waals surface area contributed by atoms with Crippen LogP contribution in [0.4, 0.5) is 0 Å². The summed E-state index contributed by atoms with van der Waals surface area (Å²) in [4.78, 5) is 11.4. The summed E-state index contributed by atoms with van der Waals surface area (Å²) in [5.74, 6) is 4.52. The van der Waals surface area contributed by atoms with Crippen molar-refractivity contribution in [2.45, 2.75) is 32.6 Å². The summed E-state index contributed by atoms with van der Waals surface area (Å²) in [6.07, 6.45) is 5.58. The molecule has 4 bridgehead atoms. The summed E-state index contributed by atoms with van der Waals surface area (Å²) < 4.78 is 0. The largest absolute Gasteiger partial charge is 0.300 e. The van der Waals surface area contributed by atoms with Crippen LogP contribution in [0, 0.1) is 29.6 Å². The van der Waals surface area contributed by atoms with Crippen molar-refractivity contribution < 1.29 is 4.79 Å². The molecule has 0 N–H and O–H groups in total. The molecule has 4 rings (SSSR count). The van der Waals surface area contributed by atoms with Gasteiger partial charge in [-0.15, -0.1) is 0 Å². The average molecular weight is 164 g/mol. The van der Waals surface area contributed by atoms with Crippen LogP contribution >= 0.6 is 0 Å². The number of rotatable bonds is 1. The Labute approximate surface area is 73.5 Å². The minimum Gasteiger partial charge on any atom is -0.300 e. The summed E-state index contributed by atoms with van der Waals surface area (Å²) in [5, 5.41) is 0. The molecule has 0 radical (unpaired) electrons. The predicted octanol–water partition coefficient (Wildman–Crippen LogP) is 2.26. The topological polar surface area (TPSA) is 17.1 Å². The molecule has 0 heterocycles. The van der Waals surface area contributed by atoms with Crippen LogP contribution in [0.25, 0.3) is 0 Å². The summed E-state index contributed by atoms with van der Waals surface area (Å²) in [5.41, 5.74) is 0. The van der Waals surface area contributed by atoms with E-state index >= 15 is 0 Å². The van der Waals surface area contributed by atoms with Crippen molar-refractivity contribution in [1.82, 2.24) is 0 Å². The Morgan fingerprint density at radius 3 is 2.50 bits per heavy atom. The number of hydrogen-bond acceptors (Lipinski definition) is 1. The van der Waals surface area contributed by atoms with Crippen LogP contribution in [-0.4, -0.2) is 5.78 Å². The first-order valence-corrected chi connectivity index (χ1v) is 5.26.